The lowest BCUT2D eigenvalue weighted by Gasteiger charge is -2.08. The van der Waals surface area contributed by atoms with Gasteiger partial charge in [-0.05, 0) is 66.9 Å². The van der Waals surface area contributed by atoms with Gasteiger partial charge in [0, 0.05) is 5.69 Å². The third kappa shape index (κ3) is 3.81. The summed E-state index contributed by atoms with van der Waals surface area (Å²) in [5.41, 5.74) is 12.2. The fraction of sp³-hybridized carbons (Fsp3) is 0.0769. The van der Waals surface area contributed by atoms with Crippen LogP contribution in [-0.2, 0) is 0 Å². The molecule has 0 saturated carbocycles. The highest BCUT2D eigenvalue weighted by Crippen LogP contribution is 2.29. The van der Waals surface area contributed by atoms with E-state index in [1.807, 2.05) is 56.3 Å². The van der Waals surface area contributed by atoms with Crippen molar-refractivity contribution in [2.45, 2.75) is 13.8 Å². The Hall–Kier alpha value is -4.72. The number of rotatable bonds is 4. The Morgan fingerprint density at radius 2 is 1.76 bits per heavy atom. The molecule has 0 fully saturated rings. The number of amides is 1. The molecule has 0 spiro atoms. The van der Waals surface area contributed by atoms with Crippen LogP contribution < -0.4 is 11.1 Å². The molecule has 2 aromatic heterocycles. The van der Waals surface area contributed by atoms with Crippen molar-refractivity contribution in [2.75, 3.05) is 11.1 Å². The van der Waals surface area contributed by atoms with Crippen LogP contribution in [0.15, 0.2) is 71.8 Å². The predicted molar refractivity (Wildman–Crippen MR) is 134 cm³/mol. The molecule has 5 aromatic rings. The first-order valence-corrected chi connectivity index (χ1v) is 10.7. The van der Waals surface area contributed by atoms with Crippen molar-refractivity contribution in [1.82, 2.24) is 14.6 Å². The lowest BCUT2D eigenvalue weighted by molar-refractivity contribution is 0.102. The molecule has 0 radical (unpaired) electrons. The summed E-state index contributed by atoms with van der Waals surface area (Å²) in [6, 6.07) is 19.7. The van der Waals surface area contributed by atoms with E-state index in [9.17, 15) is 9.90 Å². The Bertz CT molecular complexity index is 1600. The minimum atomic E-state index is -0.401. The monoisotopic (exact) mass is 450 g/mol. The van der Waals surface area contributed by atoms with Gasteiger partial charge in [-0.3, -0.25) is 4.79 Å². The molecular weight excluding hydrogens is 428 g/mol. The van der Waals surface area contributed by atoms with Crippen LogP contribution in [0.4, 0.5) is 11.5 Å². The average Bonchev–Trinajstić information content (AvgIpc) is 3.08. The Balaban J connectivity index is 1.65. The molecule has 1 amide bonds. The fourth-order valence-corrected chi connectivity index (χ4v) is 3.73. The second-order valence-corrected chi connectivity index (χ2v) is 8.05. The van der Waals surface area contributed by atoms with Crippen molar-refractivity contribution in [3.8, 4) is 5.75 Å². The smallest absolute Gasteiger partial charge is 0.261 e. The highest BCUT2D eigenvalue weighted by molar-refractivity contribution is 6.16. The van der Waals surface area contributed by atoms with Crippen LogP contribution in [0, 0.1) is 13.8 Å². The number of nitrogen functional groups attached to an aromatic ring is 1. The highest BCUT2D eigenvalue weighted by Gasteiger charge is 2.24. The number of carbonyl (C=O) groups excluding carboxylic acids is 1. The van der Waals surface area contributed by atoms with Gasteiger partial charge in [-0.15, -0.1) is 0 Å². The second kappa shape index (κ2) is 8.32. The van der Waals surface area contributed by atoms with Gasteiger partial charge in [0.15, 0.2) is 5.65 Å². The van der Waals surface area contributed by atoms with Crippen LogP contribution in [0.1, 0.15) is 27.0 Å². The topological polar surface area (TPSA) is 118 Å². The number of aromatic hydroxyl groups is 1. The number of benzene rings is 3. The van der Waals surface area contributed by atoms with Crippen LogP contribution >= 0.6 is 0 Å². The first-order chi connectivity index (χ1) is 16.4. The van der Waals surface area contributed by atoms with E-state index < -0.39 is 5.91 Å². The van der Waals surface area contributed by atoms with Gasteiger partial charge in [-0.1, -0.05) is 30.3 Å². The number of fused-ring (bicyclic) bond motifs is 2. The lowest BCUT2D eigenvalue weighted by Crippen LogP contribution is -2.14. The number of hydrogen-bond donors (Lipinski definition) is 3. The van der Waals surface area contributed by atoms with E-state index in [1.165, 1.54) is 10.9 Å². The van der Waals surface area contributed by atoms with Crippen molar-refractivity contribution in [3.63, 3.8) is 0 Å². The van der Waals surface area contributed by atoms with E-state index >= 15 is 0 Å². The number of phenolic OH excluding ortho intramolecular Hbond substituents is 1. The molecule has 0 saturated heterocycles. The van der Waals surface area contributed by atoms with Crippen LogP contribution in [0.25, 0.3) is 22.2 Å². The third-order valence-electron chi connectivity index (χ3n) is 5.66. The number of nitrogens with two attached hydrogens (primary N) is 1. The first kappa shape index (κ1) is 21.1. The quantitative estimate of drug-likeness (QED) is 0.345. The SMILES string of the molecule is Cc1ccc(NC(=O)c2c(N)n(N=Cc3cccc(O)c3)c3nc4ccccc4nc23)cc1C. The fourth-order valence-electron chi connectivity index (χ4n) is 3.73. The van der Waals surface area contributed by atoms with E-state index in [2.05, 4.69) is 20.4 Å². The molecule has 34 heavy (non-hydrogen) atoms. The number of aromatic nitrogens is 3. The van der Waals surface area contributed by atoms with Crippen molar-refractivity contribution in [3.05, 3.63) is 89.0 Å². The van der Waals surface area contributed by atoms with Gasteiger partial charge in [-0.2, -0.15) is 9.78 Å². The zero-order chi connectivity index (χ0) is 23.8. The van der Waals surface area contributed by atoms with E-state index in [-0.39, 0.29) is 17.1 Å². The molecule has 8 heteroatoms. The molecule has 4 N–H and O–H groups in total. The average molecular weight is 451 g/mol. The molecular formula is C26H22N6O2. The Morgan fingerprint density at radius 3 is 2.50 bits per heavy atom. The van der Waals surface area contributed by atoms with Gasteiger partial charge >= 0.3 is 0 Å². The van der Waals surface area contributed by atoms with E-state index in [4.69, 9.17) is 5.73 Å². The number of aryl methyl sites for hydroxylation is 2. The molecule has 5 rings (SSSR count). The van der Waals surface area contributed by atoms with E-state index in [0.717, 1.165) is 11.1 Å². The molecule has 8 nitrogen and oxygen atoms in total. The maximum Gasteiger partial charge on any atom is 0.261 e. The number of phenols is 1. The van der Waals surface area contributed by atoms with E-state index in [1.54, 1.807) is 24.3 Å². The summed E-state index contributed by atoms with van der Waals surface area (Å²) in [4.78, 5) is 22.7. The molecule has 3 aromatic carbocycles. The standard InChI is InChI=1S/C26H22N6O2/c1-15-10-11-18(12-16(15)2)29-26(34)22-23-25(31-21-9-4-3-8-20(21)30-23)32(24(22)27)28-14-17-6-5-7-19(33)13-17/h3-14,33H,27H2,1-2H3,(H,29,34). The van der Waals surface area contributed by atoms with Gasteiger partial charge < -0.3 is 16.2 Å². The van der Waals surface area contributed by atoms with Gasteiger partial charge in [0.1, 0.15) is 22.6 Å². The van der Waals surface area contributed by atoms with Crippen LogP contribution in [0.3, 0.4) is 0 Å². The maximum absolute atomic E-state index is 13.4. The summed E-state index contributed by atoms with van der Waals surface area (Å²) in [7, 11) is 0. The van der Waals surface area contributed by atoms with Crippen molar-refractivity contribution in [2.24, 2.45) is 5.10 Å². The zero-order valence-electron chi connectivity index (χ0n) is 18.6. The first-order valence-electron chi connectivity index (χ1n) is 10.7. The lowest BCUT2D eigenvalue weighted by atomic mass is 10.1. The Morgan fingerprint density at radius 1 is 1.00 bits per heavy atom. The van der Waals surface area contributed by atoms with Gasteiger partial charge in [0.25, 0.3) is 5.91 Å². The summed E-state index contributed by atoms with van der Waals surface area (Å²) >= 11 is 0. The van der Waals surface area contributed by atoms with Gasteiger partial charge in [0.2, 0.25) is 0 Å². The summed E-state index contributed by atoms with van der Waals surface area (Å²) in [5.74, 6) is -0.168. The Labute approximate surface area is 195 Å². The van der Waals surface area contributed by atoms with Crippen molar-refractivity contribution < 1.29 is 9.90 Å². The molecule has 0 bridgehead atoms. The summed E-state index contributed by atoms with van der Waals surface area (Å²) < 4.78 is 1.40. The number of para-hydroxylation sites is 2. The van der Waals surface area contributed by atoms with E-state index in [0.29, 0.717) is 33.4 Å². The molecule has 2 heterocycles. The molecule has 0 aliphatic carbocycles. The van der Waals surface area contributed by atoms with Crippen molar-refractivity contribution >= 4 is 45.8 Å². The van der Waals surface area contributed by atoms with Crippen LogP contribution in [0.5, 0.6) is 5.75 Å². The minimum Gasteiger partial charge on any atom is -0.508 e. The van der Waals surface area contributed by atoms with Crippen molar-refractivity contribution in [1.29, 1.82) is 0 Å². The number of anilines is 2. The minimum absolute atomic E-state index is 0.114. The highest BCUT2D eigenvalue weighted by atomic mass is 16.3. The zero-order valence-corrected chi connectivity index (χ0v) is 18.6. The second-order valence-electron chi connectivity index (χ2n) is 8.05. The number of hydrogen-bond acceptors (Lipinski definition) is 6. The molecule has 0 aliphatic heterocycles. The summed E-state index contributed by atoms with van der Waals surface area (Å²) in [5, 5.41) is 17.1. The van der Waals surface area contributed by atoms with Gasteiger partial charge in [0.05, 0.1) is 17.2 Å². The molecule has 0 aliphatic rings. The number of nitrogens with zero attached hydrogens (tertiary/aromatic N) is 4. The summed E-state index contributed by atoms with van der Waals surface area (Å²) in [6.45, 7) is 4.00. The van der Waals surface area contributed by atoms with Crippen LogP contribution in [0.2, 0.25) is 0 Å². The summed E-state index contributed by atoms with van der Waals surface area (Å²) in [6.07, 6.45) is 1.54. The number of carbonyl (C=O) groups is 1. The van der Waals surface area contributed by atoms with Crippen LogP contribution in [-0.4, -0.2) is 31.9 Å². The number of nitrogens with one attached hydrogen (secondary N) is 1. The molecule has 0 unspecified atom stereocenters. The van der Waals surface area contributed by atoms with Gasteiger partial charge in [-0.25, -0.2) is 9.97 Å². The maximum atomic E-state index is 13.4. The third-order valence-corrected chi connectivity index (χ3v) is 5.66. The predicted octanol–water partition coefficient (Wildman–Crippen LogP) is 4.62. The Kier molecular flexibility index (Phi) is 5.18. The molecule has 168 valence electrons. The molecule has 0 atom stereocenters. The largest absolute Gasteiger partial charge is 0.508 e. The normalized spacial score (nSPS) is 11.5.